The molecule has 0 heterocycles. The number of nitrogens with one attached hydrogen (secondary N) is 1. The van der Waals surface area contributed by atoms with E-state index in [-0.39, 0.29) is 0 Å². The number of benzene rings is 1. The van der Waals surface area contributed by atoms with Crippen molar-refractivity contribution in [2.24, 2.45) is 0 Å². The minimum absolute atomic E-state index is 0.520. The lowest BCUT2D eigenvalue weighted by atomic mass is 10.2. The lowest BCUT2D eigenvalue weighted by molar-refractivity contribution is 0.0804. The minimum Gasteiger partial charge on any atom is -0.491 e. The second-order valence-electron chi connectivity index (χ2n) is 4.30. The lowest BCUT2D eigenvalue weighted by Crippen LogP contribution is -2.14. The average Bonchev–Trinajstić information content (AvgIpc) is 2.45. The van der Waals surface area contributed by atoms with Crippen molar-refractivity contribution in [2.45, 2.75) is 19.9 Å². The lowest BCUT2D eigenvalue weighted by Gasteiger charge is -2.13. The third-order valence-electron chi connectivity index (χ3n) is 2.75. The Kier molecular flexibility index (Phi) is 9.41. The summed E-state index contributed by atoms with van der Waals surface area (Å²) in [4.78, 5) is 0. The van der Waals surface area contributed by atoms with Crippen LogP contribution in [-0.2, 0) is 16.0 Å². The van der Waals surface area contributed by atoms with Gasteiger partial charge < -0.3 is 19.5 Å². The molecule has 0 atom stereocenters. The van der Waals surface area contributed by atoms with Gasteiger partial charge in [0.05, 0.1) is 6.61 Å². The van der Waals surface area contributed by atoms with Gasteiger partial charge in [-0.25, -0.2) is 0 Å². The third kappa shape index (κ3) is 6.57. The van der Waals surface area contributed by atoms with Gasteiger partial charge in [-0.15, -0.1) is 0 Å². The third-order valence-corrected chi connectivity index (χ3v) is 3.10. The maximum atomic E-state index is 6.20. The van der Waals surface area contributed by atoms with Gasteiger partial charge in [0.15, 0.2) is 0 Å². The van der Waals surface area contributed by atoms with E-state index in [1.165, 1.54) is 0 Å². The van der Waals surface area contributed by atoms with E-state index in [9.17, 15) is 0 Å². The Morgan fingerprint density at radius 1 is 1.15 bits per heavy atom. The molecule has 5 heteroatoms. The summed E-state index contributed by atoms with van der Waals surface area (Å²) in [6.07, 6.45) is 0.902. The Balaban J connectivity index is 2.33. The fourth-order valence-corrected chi connectivity index (χ4v) is 1.95. The predicted molar refractivity (Wildman–Crippen MR) is 81.6 cm³/mol. The molecule has 0 aromatic heterocycles. The summed E-state index contributed by atoms with van der Waals surface area (Å²) in [7, 11) is 1.69. The van der Waals surface area contributed by atoms with Crippen LogP contribution in [0.1, 0.15) is 18.9 Å². The number of hydrogen-bond donors (Lipinski definition) is 1. The Bertz CT molecular complexity index is 374. The summed E-state index contributed by atoms with van der Waals surface area (Å²) in [5, 5.41) is 3.99. The van der Waals surface area contributed by atoms with Crippen LogP contribution in [0, 0.1) is 0 Å². The second kappa shape index (κ2) is 10.9. The standard InChI is InChI=1S/C15H24ClNO3/c1-3-17-12-13-14(16)6-4-7-15(13)20-11-10-19-9-5-8-18-2/h4,6-7,17H,3,5,8-12H2,1-2H3. The molecule has 114 valence electrons. The summed E-state index contributed by atoms with van der Waals surface area (Å²) in [6.45, 7) is 6.17. The molecule has 0 radical (unpaired) electrons. The van der Waals surface area contributed by atoms with Crippen molar-refractivity contribution in [1.29, 1.82) is 0 Å². The van der Waals surface area contributed by atoms with Crippen LogP contribution < -0.4 is 10.1 Å². The number of ether oxygens (including phenoxy) is 3. The van der Waals surface area contributed by atoms with E-state index in [1.807, 2.05) is 18.2 Å². The molecule has 0 aliphatic carbocycles. The molecule has 20 heavy (non-hydrogen) atoms. The molecule has 4 nitrogen and oxygen atoms in total. The highest BCUT2D eigenvalue weighted by Gasteiger charge is 2.07. The monoisotopic (exact) mass is 301 g/mol. The predicted octanol–water partition coefficient (Wildman–Crippen LogP) is 2.88. The molecule has 0 spiro atoms. The van der Waals surface area contributed by atoms with E-state index in [0.29, 0.717) is 26.4 Å². The van der Waals surface area contributed by atoms with Crippen LogP contribution in [0.4, 0.5) is 0 Å². The molecular formula is C15H24ClNO3. The molecular weight excluding hydrogens is 278 g/mol. The highest BCUT2D eigenvalue weighted by atomic mass is 35.5. The van der Waals surface area contributed by atoms with Crippen molar-refractivity contribution in [3.8, 4) is 5.75 Å². The molecule has 0 aliphatic heterocycles. The minimum atomic E-state index is 0.520. The van der Waals surface area contributed by atoms with E-state index in [0.717, 1.165) is 35.9 Å². The molecule has 0 saturated heterocycles. The zero-order valence-corrected chi connectivity index (χ0v) is 13.0. The Labute approximate surface area is 126 Å². The first-order chi connectivity index (χ1) is 9.79. The van der Waals surface area contributed by atoms with Crippen LogP contribution in [0.15, 0.2) is 18.2 Å². The van der Waals surface area contributed by atoms with Crippen molar-refractivity contribution in [3.05, 3.63) is 28.8 Å². The van der Waals surface area contributed by atoms with Crippen molar-refractivity contribution >= 4 is 11.6 Å². The fourth-order valence-electron chi connectivity index (χ4n) is 1.71. The molecule has 0 bridgehead atoms. The van der Waals surface area contributed by atoms with Gasteiger partial charge in [-0.2, -0.15) is 0 Å². The molecule has 0 unspecified atom stereocenters. The van der Waals surface area contributed by atoms with Gasteiger partial charge in [-0.05, 0) is 25.1 Å². The summed E-state index contributed by atoms with van der Waals surface area (Å²) in [5.74, 6) is 0.818. The van der Waals surface area contributed by atoms with E-state index < -0.39 is 0 Å². The molecule has 1 aromatic carbocycles. The van der Waals surface area contributed by atoms with Gasteiger partial charge in [0.1, 0.15) is 12.4 Å². The number of hydrogen-bond acceptors (Lipinski definition) is 4. The van der Waals surface area contributed by atoms with Gasteiger partial charge in [-0.3, -0.25) is 0 Å². The molecule has 0 fully saturated rings. The Morgan fingerprint density at radius 2 is 2.00 bits per heavy atom. The zero-order valence-electron chi connectivity index (χ0n) is 12.3. The Morgan fingerprint density at radius 3 is 2.75 bits per heavy atom. The fraction of sp³-hybridized carbons (Fsp3) is 0.600. The van der Waals surface area contributed by atoms with Crippen LogP contribution >= 0.6 is 11.6 Å². The van der Waals surface area contributed by atoms with Crippen molar-refractivity contribution < 1.29 is 14.2 Å². The first-order valence-electron chi connectivity index (χ1n) is 6.97. The first kappa shape index (κ1) is 17.2. The summed E-state index contributed by atoms with van der Waals surface area (Å²) >= 11 is 6.20. The Hall–Kier alpha value is -0.810. The van der Waals surface area contributed by atoms with E-state index in [1.54, 1.807) is 7.11 Å². The zero-order chi connectivity index (χ0) is 14.6. The maximum Gasteiger partial charge on any atom is 0.125 e. The highest BCUT2D eigenvalue weighted by Crippen LogP contribution is 2.26. The quantitative estimate of drug-likeness (QED) is 0.638. The topological polar surface area (TPSA) is 39.7 Å². The van der Waals surface area contributed by atoms with Crippen LogP contribution in [0.2, 0.25) is 5.02 Å². The average molecular weight is 302 g/mol. The highest BCUT2D eigenvalue weighted by molar-refractivity contribution is 6.31. The normalized spacial score (nSPS) is 10.8. The van der Waals surface area contributed by atoms with E-state index in [2.05, 4.69) is 12.2 Å². The molecule has 1 rings (SSSR count). The molecule has 0 saturated carbocycles. The van der Waals surface area contributed by atoms with Crippen molar-refractivity contribution in [1.82, 2.24) is 5.32 Å². The second-order valence-corrected chi connectivity index (χ2v) is 4.71. The molecule has 1 aromatic rings. The van der Waals surface area contributed by atoms with Crippen molar-refractivity contribution in [2.75, 3.05) is 40.1 Å². The largest absolute Gasteiger partial charge is 0.491 e. The maximum absolute atomic E-state index is 6.20. The smallest absolute Gasteiger partial charge is 0.125 e. The van der Waals surface area contributed by atoms with Gasteiger partial charge >= 0.3 is 0 Å². The molecule has 1 N–H and O–H groups in total. The first-order valence-corrected chi connectivity index (χ1v) is 7.35. The van der Waals surface area contributed by atoms with Gasteiger partial charge in [0.2, 0.25) is 0 Å². The summed E-state index contributed by atoms with van der Waals surface area (Å²) < 4.78 is 16.1. The number of halogens is 1. The summed E-state index contributed by atoms with van der Waals surface area (Å²) in [5.41, 5.74) is 0.996. The van der Waals surface area contributed by atoms with Gasteiger partial charge in [-0.1, -0.05) is 24.6 Å². The summed E-state index contributed by atoms with van der Waals surface area (Å²) in [6, 6.07) is 5.71. The van der Waals surface area contributed by atoms with Crippen LogP contribution in [-0.4, -0.2) is 40.1 Å². The SMILES string of the molecule is CCNCc1c(Cl)cccc1OCCOCCCOC. The molecule has 0 amide bonds. The van der Waals surface area contributed by atoms with Crippen LogP contribution in [0.5, 0.6) is 5.75 Å². The van der Waals surface area contributed by atoms with E-state index in [4.69, 9.17) is 25.8 Å². The van der Waals surface area contributed by atoms with Crippen LogP contribution in [0.3, 0.4) is 0 Å². The number of methoxy groups -OCH3 is 1. The van der Waals surface area contributed by atoms with Gasteiger partial charge in [0, 0.05) is 37.5 Å². The van der Waals surface area contributed by atoms with Gasteiger partial charge in [0.25, 0.3) is 0 Å². The van der Waals surface area contributed by atoms with Crippen molar-refractivity contribution in [3.63, 3.8) is 0 Å². The number of rotatable bonds is 11. The van der Waals surface area contributed by atoms with Crippen LogP contribution in [0.25, 0.3) is 0 Å². The molecule has 0 aliphatic rings. The van der Waals surface area contributed by atoms with E-state index >= 15 is 0 Å².